The summed E-state index contributed by atoms with van der Waals surface area (Å²) in [5.41, 5.74) is -0.830. The minimum Gasteiger partial charge on any atom is -0.379 e. The van der Waals surface area contributed by atoms with Gasteiger partial charge >= 0.3 is 6.18 Å². The molecular formula is C22H31F3N6O3. The Morgan fingerprint density at radius 3 is 2.50 bits per heavy atom. The summed E-state index contributed by atoms with van der Waals surface area (Å²) in [4.78, 5) is 24.4. The van der Waals surface area contributed by atoms with Crippen LogP contribution in [0.1, 0.15) is 37.7 Å². The zero-order valence-corrected chi connectivity index (χ0v) is 19.1. The van der Waals surface area contributed by atoms with Gasteiger partial charge in [0, 0.05) is 50.0 Å². The Bertz CT molecular complexity index is 889. The SMILES string of the molecule is O=C1CCOCCN1CCCNc1nc(NC23CC(N4CCOCC4)(C2)C3)ncc1C(F)(F)F. The first-order valence-electron chi connectivity index (χ1n) is 11.9. The third kappa shape index (κ3) is 4.67. The van der Waals surface area contributed by atoms with Crippen LogP contribution in [0.3, 0.4) is 0 Å². The van der Waals surface area contributed by atoms with E-state index >= 15 is 0 Å². The second kappa shape index (κ2) is 9.12. The minimum absolute atomic E-state index is 0.00964. The molecule has 0 atom stereocenters. The minimum atomic E-state index is -4.56. The van der Waals surface area contributed by atoms with Crippen LogP contribution in [0, 0.1) is 0 Å². The van der Waals surface area contributed by atoms with Gasteiger partial charge in [0.2, 0.25) is 11.9 Å². The number of hydrogen-bond donors (Lipinski definition) is 2. The molecule has 3 heterocycles. The van der Waals surface area contributed by atoms with Crippen LogP contribution >= 0.6 is 0 Å². The third-order valence-corrected chi connectivity index (χ3v) is 7.37. The molecule has 1 amide bonds. The van der Waals surface area contributed by atoms with Crippen molar-refractivity contribution in [1.29, 1.82) is 0 Å². The van der Waals surface area contributed by atoms with Gasteiger partial charge in [-0.2, -0.15) is 18.2 Å². The van der Waals surface area contributed by atoms with Crippen LogP contribution in [0.2, 0.25) is 0 Å². The molecule has 0 unspecified atom stereocenters. The van der Waals surface area contributed by atoms with Gasteiger partial charge in [0.1, 0.15) is 11.4 Å². The van der Waals surface area contributed by atoms with Crippen LogP contribution in [-0.2, 0) is 20.4 Å². The summed E-state index contributed by atoms with van der Waals surface area (Å²) in [7, 11) is 0. The number of aromatic nitrogens is 2. The van der Waals surface area contributed by atoms with Gasteiger partial charge in [-0.3, -0.25) is 9.69 Å². The molecule has 0 radical (unpaired) electrons. The first-order chi connectivity index (χ1) is 16.3. The molecule has 0 spiro atoms. The van der Waals surface area contributed by atoms with E-state index in [0.29, 0.717) is 39.1 Å². The van der Waals surface area contributed by atoms with Crippen LogP contribution in [0.5, 0.6) is 0 Å². The highest BCUT2D eigenvalue weighted by molar-refractivity contribution is 5.76. The zero-order valence-electron chi connectivity index (χ0n) is 19.1. The van der Waals surface area contributed by atoms with Crippen molar-refractivity contribution in [1.82, 2.24) is 19.8 Å². The molecule has 2 N–H and O–H groups in total. The van der Waals surface area contributed by atoms with E-state index < -0.39 is 11.7 Å². The Kier molecular flexibility index (Phi) is 6.32. The first-order valence-corrected chi connectivity index (χ1v) is 11.9. The Morgan fingerprint density at radius 1 is 1.06 bits per heavy atom. The molecule has 12 heteroatoms. The molecule has 1 aromatic rings. The molecule has 34 heavy (non-hydrogen) atoms. The lowest BCUT2D eigenvalue weighted by molar-refractivity contribution is -0.173. The van der Waals surface area contributed by atoms with Crippen molar-refractivity contribution < 1.29 is 27.4 Å². The topological polar surface area (TPSA) is 91.8 Å². The molecule has 2 bridgehead atoms. The largest absolute Gasteiger partial charge is 0.421 e. The van der Waals surface area contributed by atoms with Crippen LogP contribution < -0.4 is 10.6 Å². The van der Waals surface area contributed by atoms with Gasteiger partial charge in [-0.15, -0.1) is 0 Å². The summed E-state index contributed by atoms with van der Waals surface area (Å²) in [5, 5.41) is 6.13. The van der Waals surface area contributed by atoms with E-state index in [1.54, 1.807) is 4.90 Å². The molecule has 5 fully saturated rings. The summed E-state index contributed by atoms with van der Waals surface area (Å²) in [5.74, 6) is -0.00829. The van der Waals surface area contributed by atoms with E-state index in [1.807, 2.05) is 0 Å². The first kappa shape index (κ1) is 23.6. The van der Waals surface area contributed by atoms with Crippen LogP contribution in [0.4, 0.5) is 24.9 Å². The van der Waals surface area contributed by atoms with Crippen LogP contribution in [-0.4, -0.2) is 95.9 Å². The second-order valence-electron chi connectivity index (χ2n) is 9.74. The van der Waals surface area contributed by atoms with Crippen molar-refractivity contribution in [2.45, 2.75) is 49.4 Å². The number of ether oxygens (including phenoxy) is 2. The Morgan fingerprint density at radius 2 is 1.76 bits per heavy atom. The maximum absolute atomic E-state index is 13.5. The number of nitrogens with zero attached hydrogens (tertiary/aromatic N) is 4. The molecule has 2 saturated heterocycles. The monoisotopic (exact) mass is 484 g/mol. The van der Waals surface area contributed by atoms with Gasteiger partial charge in [0.05, 0.1) is 32.8 Å². The number of anilines is 2. The van der Waals surface area contributed by atoms with Gasteiger partial charge < -0.3 is 25.0 Å². The average Bonchev–Trinajstić information content (AvgIpc) is 2.96. The summed E-state index contributed by atoms with van der Waals surface area (Å²) in [6.07, 6.45) is -0.0443. The van der Waals surface area contributed by atoms with Crippen molar-refractivity contribution in [2.24, 2.45) is 0 Å². The lowest BCUT2D eigenvalue weighted by Crippen LogP contribution is -2.82. The average molecular weight is 485 g/mol. The number of hydrogen-bond acceptors (Lipinski definition) is 8. The number of alkyl halides is 3. The van der Waals surface area contributed by atoms with E-state index in [4.69, 9.17) is 9.47 Å². The van der Waals surface area contributed by atoms with Crippen molar-refractivity contribution in [3.05, 3.63) is 11.8 Å². The van der Waals surface area contributed by atoms with E-state index in [0.717, 1.165) is 51.8 Å². The lowest BCUT2D eigenvalue weighted by atomic mass is 9.43. The van der Waals surface area contributed by atoms with Gasteiger partial charge in [-0.1, -0.05) is 0 Å². The molecule has 3 saturated carbocycles. The molecule has 0 aromatic carbocycles. The Labute approximate surface area is 196 Å². The van der Waals surface area contributed by atoms with E-state index in [-0.39, 0.29) is 35.3 Å². The fraction of sp³-hybridized carbons (Fsp3) is 0.773. The Hall–Kier alpha value is -2.18. The second-order valence-corrected chi connectivity index (χ2v) is 9.74. The number of nitrogens with one attached hydrogen (secondary N) is 2. The molecule has 188 valence electrons. The van der Waals surface area contributed by atoms with Crippen LogP contribution in [0.25, 0.3) is 0 Å². The molecule has 9 nitrogen and oxygen atoms in total. The number of carbonyl (C=O) groups is 1. The number of morpholine rings is 1. The highest BCUT2D eigenvalue weighted by Crippen LogP contribution is 2.64. The fourth-order valence-electron chi connectivity index (χ4n) is 5.69. The summed E-state index contributed by atoms with van der Waals surface area (Å²) in [6.45, 7) is 5.46. The predicted octanol–water partition coefficient (Wildman–Crippen LogP) is 1.97. The van der Waals surface area contributed by atoms with Gasteiger partial charge in [-0.25, -0.2) is 4.98 Å². The van der Waals surface area contributed by atoms with Gasteiger partial charge in [-0.05, 0) is 25.7 Å². The molecule has 1 aromatic heterocycles. The van der Waals surface area contributed by atoms with Crippen LogP contribution in [0.15, 0.2) is 6.20 Å². The molecule has 2 aliphatic heterocycles. The van der Waals surface area contributed by atoms with Crippen molar-refractivity contribution in [2.75, 3.05) is 69.8 Å². The molecular weight excluding hydrogens is 453 g/mol. The smallest absolute Gasteiger partial charge is 0.379 e. The number of amides is 1. The molecule has 3 aliphatic carbocycles. The maximum atomic E-state index is 13.5. The quantitative estimate of drug-likeness (QED) is 0.542. The van der Waals surface area contributed by atoms with E-state index in [1.165, 1.54) is 0 Å². The predicted molar refractivity (Wildman–Crippen MR) is 117 cm³/mol. The molecule has 6 rings (SSSR count). The lowest BCUT2D eigenvalue weighted by Gasteiger charge is -2.74. The number of rotatable bonds is 8. The molecule has 5 aliphatic rings. The highest BCUT2D eigenvalue weighted by atomic mass is 19.4. The van der Waals surface area contributed by atoms with Gasteiger partial charge in [0.25, 0.3) is 0 Å². The van der Waals surface area contributed by atoms with Gasteiger partial charge in [0.15, 0.2) is 0 Å². The van der Waals surface area contributed by atoms with Crippen molar-refractivity contribution in [3.63, 3.8) is 0 Å². The van der Waals surface area contributed by atoms with E-state index in [9.17, 15) is 18.0 Å². The fourth-order valence-corrected chi connectivity index (χ4v) is 5.69. The standard InChI is InChI=1S/C22H31F3N6O3/c23-22(24,25)16-12-27-19(29-20-13-21(14-20,15-20)31-6-10-34-11-7-31)28-18(16)26-3-1-4-30-5-9-33-8-2-17(30)32/h12H,1-11,13-15H2,(H2,26,27,28,29). The summed E-state index contributed by atoms with van der Waals surface area (Å²) in [6, 6.07) is 0. The van der Waals surface area contributed by atoms with E-state index in [2.05, 4.69) is 25.5 Å². The summed E-state index contributed by atoms with van der Waals surface area (Å²) < 4.78 is 51.3. The summed E-state index contributed by atoms with van der Waals surface area (Å²) >= 11 is 0. The number of carbonyl (C=O) groups excluding carboxylic acids is 1. The van der Waals surface area contributed by atoms with Crippen molar-refractivity contribution >= 4 is 17.7 Å². The number of halogens is 3. The highest BCUT2D eigenvalue weighted by Gasteiger charge is 2.70. The zero-order chi connectivity index (χ0) is 23.8. The van der Waals surface area contributed by atoms with Crippen molar-refractivity contribution in [3.8, 4) is 0 Å². The Balaban J connectivity index is 1.18. The maximum Gasteiger partial charge on any atom is 0.421 e. The third-order valence-electron chi connectivity index (χ3n) is 7.37. The normalized spacial score (nSPS) is 29.7.